The zero-order valence-electron chi connectivity index (χ0n) is 16.9. The monoisotopic (exact) mass is 446 g/mol. The molecule has 0 spiro atoms. The summed E-state index contributed by atoms with van der Waals surface area (Å²) in [5.74, 6) is -1.17. The van der Waals surface area contributed by atoms with Crippen LogP contribution in [0.5, 0.6) is 11.5 Å². The highest BCUT2D eigenvalue weighted by Gasteiger charge is 2.30. The van der Waals surface area contributed by atoms with E-state index >= 15 is 0 Å². The number of aryl methyl sites for hydroxylation is 1. The third-order valence-corrected chi connectivity index (χ3v) is 6.36. The van der Waals surface area contributed by atoms with E-state index in [1.165, 1.54) is 31.4 Å². The summed E-state index contributed by atoms with van der Waals surface area (Å²) in [6, 6.07) is 13.5. The molecule has 4 rings (SSSR count). The number of fused-ring (bicyclic) bond motifs is 1. The van der Waals surface area contributed by atoms with Gasteiger partial charge in [-0.2, -0.15) is 8.42 Å². The van der Waals surface area contributed by atoms with E-state index in [2.05, 4.69) is 0 Å². The lowest BCUT2D eigenvalue weighted by atomic mass is 9.99. The Bertz CT molecular complexity index is 1220. The van der Waals surface area contributed by atoms with Crippen molar-refractivity contribution in [2.24, 2.45) is 0 Å². The van der Waals surface area contributed by atoms with Crippen LogP contribution in [0.2, 0.25) is 0 Å². The van der Waals surface area contributed by atoms with Crippen LogP contribution in [0.15, 0.2) is 59.5 Å². The van der Waals surface area contributed by atoms with Gasteiger partial charge in [0, 0.05) is 23.1 Å². The largest absolute Gasteiger partial charge is 0.497 e. The fourth-order valence-corrected chi connectivity index (χ4v) is 4.40. The number of methoxy groups -OCH3 is 1. The molecule has 3 aromatic rings. The van der Waals surface area contributed by atoms with Gasteiger partial charge in [0.05, 0.1) is 12.0 Å². The quantitative estimate of drug-likeness (QED) is 0.516. The maximum absolute atomic E-state index is 14.4. The van der Waals surface area contributed by atoms with Gasteiger partial charge >= 0.3 is 0 Å². The molecule has 0 bridgehead atoms. The second kappa shape index (κ2) is 8.28. The van der Waals surface area contributed by atoms with Gasteiger partial charge in [-0.3, -0.25) is 4.18 Å². The highest BCUT2D eigenvalue weighted by Crippen LogP contribution is 2.43. The SMILES string of the molecule is COc1cc2c(c(-c3cccc(F)c3F)c1)OC(COS(=O)(=O)c1ccc(C)cc1)C2. The minimum Gasteiger partial charge on any atom is -0.497 e. The van der Waals surface area contributed by atoms with Gasteiger partial charge in [-0.05, 0) is 37.3 Å². The molecule has 5 nitrogen and oxygen atoms in total. The number of benzene rings is 3. The van der Waals surface area contributed by atoms with Crippen molar-refractivity contribution >= 4 is 10.1 Å². The maximum atomic E-state index is 14.4. The topological polar surface area (TPSA) is 61.8 Å². The van der Waals surface area contributed by atoms with E-state index in [0.29, 0.717) is 29.0 Å². The Kier molecular flexibility index (Phi) is 5.68. The van der Waals surface area contributed by atoms with Gasteiger partial charge in [0.2, 0.25) is 0 Å². The summed E-state index contributed by atoms with van der Waals surface area (Å²) in [6.45, 7) is 1.63. The second-order valence-corrected chi connectivity index (χ2v) is 8.88. The molecule has 1 atom stereocenters. The van der Waals surface area contributed by atoms with Crippen molar-refractivity contribution in [2.45, 2.75) is 24.3 Å². The van der Waals surface area contributed by atoms with E-state index in [1.807, 2.05) is 6.92 Å². The van der Waals surface area contributed by atoms with Gasteiger partial charge in [-0.1, -0.05) is 29.8 Å². The molecule has 8 heteroatoms. The standard InChI is InChI=1S/C23H20F2O5S/c1-14-6-8-18(9-7-14)31(26,27)29-13-17-11-15-10-16(28-2)12-20(23(15)30-17)19-4-3-5-21(24)22(19)25/h3-10,12,17H,11,13H2,1-2H3. The van der Waals surface area contributed by atoms with Gasteiger partial charge in [0.15, 0.2) is 11.6 Å². The average molecular weight is 446 g/mol. The van der Waals surface area contributed by atoms with E-state index in [0.717, 1.165) is 11.6 Å². The van der Waals surface area contributed by atoms with Crippen molar-refractivity contribution in [1.29, 1.82) is 0 Å². The fourth-order valence-electron chi connectivity index (χ4n) is 3.47. The van der Waals surface area contributed by atoms with Gasteiger partial charge in [-0.25, -0.2) is 8.78 Å². The molecule has 31 heavy (non-hydrogen) atoms. The van der Waals surface area contributed by atoms with Crippen molar-refractivity contribution in [3.05, 3.63) is 77.4 Å². The van der Waals surface area contributed by atoms with Crippen molar-refractivity contribution in [2.75, 3.05) is 13.7 Å². The van der Waals surface area contributed by atoms with Gasteiger partial charge in [-0.15, -0.1) is 0 Å². The molecule has 0 fully saturated rings. The van der Waals surface area contributed by atoms with E-state index in [-0.39, 0.29) is 17.1 Å². The first kappa shape index (κ1) is 21.3. The van der Waals surface area contributed by atoms with Crippen LogP contribution in [0.1, 0.15) is 11.1 Å². The molecule has 0 aromatic heterocycles. The van der Waals surface area contributed by atoms with E-state index in [4.69, 9.17) is 13.7 Å². The smallest absolute Gasteiger partial charge is 0.297 e. The Balaban J connectivity index is 1.58. The number of rotatable bonds is 6. The van der Waals surface area contributed by atoms with Gasteiger partial charge in [0.1, 0.15) is 24.2 Å². The Morgan fingerprint density at radius 1 is 1.06 bits per heavy atom. The molecule has 1 unspecified atom stereocenters. The summed E-state index contributed by atoms with van der Waals surface area (Å²) in [5.41, 5.74) is 1.98. The van der Waals surface area contributed by atoms with Crippen LogP contribution in [-0.4, -0.2) is 28.2 Å². The molecule has 0 N–H and O–H groups in total. The van der Waals surface area contributed by atoms with Gasteiger partial charge < -0.3 is 9.47 Å². The highest BCUT2D eigenvalue weighted by molar-refractivity contribution is 7.86. The Morgan fingerprint density at radius 3 is 2.52 bits per heavy atom. The summed E-state index contributed by atoms with van der Waals surface area (Å²) < 4.78 is 69.5. The highest BCUT2D eigenvalue weighted by atomic mass is 32.2. The van der Waals surface area contributed by atoms with Crippen LogP contribution in [0.25, 0.3) is 11.1 Å². The molecule has 1 aliphatic heterocycles. The number of hydrogen-bond donors (Lipinski definition) is 0. The summed E-state index contributed by atoms with van der Waals surface area (Å²) in [6.07, 6.45) is -0.280. The van der Waals surface area contributed by atoms with E-state index in [1.54, 1.807) is 24.3 Å². The van der Waals surface area contributed by atoms with Crippen molar-refractivity contribution in [3.63, 3.8) is 0 Å². The minimum absolute atomic E-state index is 0.0315. The first-order valence-electron chi connectivity index (χ1n) is 9.56. The molecule has 3 aromatic carbocycles. The Hall–Kier alpha value is -2.97. The molecule has 0 aliphatic carbocycles. The maximum Gasteiger partial charge on any atom is 0.297 e. The van der Waals surface area contributed by atoms with E-state index in [9.17, 15) is 17.2 Å². The Morgan fingerprint density at radius 2 is 1.81 bits per heavy atom. The van der Waals surface area contributed by atoms with E-state index < -0.39 is 27.9 Å². The third-order valence-electron chi connectivity index (χ3n) is 5.07. The van der Waals surface area contributed by atoms with Crippen LogP contribution < -0.4 is 9.47 Å². The van der Waals surface area contributed by atoms with Crippen molar-refractivity contribution < 1.29 is 30.9 Å². The molecule has 0 saturated carbocycles. The molecule has 162 valence electrons. The molecule has 0 saturated heterocycles. The summed E-state index contributed by atoms with van der Waals surface area (Å²) >= 11 is 0. The summed E-state index contributed by atoms with van der Waals surface area (Å²) in [7, 11) is -2.48. The van der Waals surface area contributed by atoms with Crippen LogP contribution in [0.3, 0.4) is 0 Å². The number of hydrogen-bond acceptors (Lipinski definition) is 5. The minimum atomic E-state index is -3.95. The van der Waals surface area contributed by atoms with Gasteiger partial charge in [0.25, 0.3) is 10.1 Å². The first-order valence-corrected chi connectivity index (χ1v) is 11.0. The molecule has 0 amide bonds. The van der Waals surface area contributed by atoms with Crippen molar-refractivity contribution in [1.82, 2.24) is 0 Å². The Labute approximate surface area is 179 Å². The lowest BCUT2D eigenvalue weighted by Gasteiger charge is -2.14. The summed E-state index contributed by atoms with van der Waals surface area (Å²) in [4.78, 5) is 0.0535. The molecular formula is C23H20F2O5S. The lowest BCUT2D eigenvalue weighted by Crippen LogP contribution is -2.23. The molecule has 1 aliphatic rings. The third kappa shape index (κ3) is 4.26. The predicted octanol–water partition coefficient (Wildman–Crippen LogP) is 4.66. The van der Waals surface area contributed by atoms with Crippen LogP contribution >= 0.6 is 0 Å². The molecular weight excluding hydrogens is 426 g/mol. The fraction of sp³-hybridized carbons (Fsp3) is 0.217. The zero-order chi connectivity index (χ0) is 22.2. The zero-order valence-corrected chi connectivity index (χ0v) is 17.7. The first-order chi connectivity index (χ1) is 14.8. The van der Waals surface area contributed by atoms with Crippen LogP contribution in [0, 0.1) is 18.6 Å². The molecule has 1 heterocycles. The number of ether oxygens (including phenoxy) is 2. The normalized spacial score (nSPS) is 15.4. The lowest BCUT2D eigenvalue weighted by molar-refractivity contribution is 0.152. The second-order valence-electron chi connectivity index (χ2n) is 7.26. The summed E-state index contributed by atoms with van der Waals surface area (Å²) in [5, 5.41) is 0. The number of halogens is 2. The molecule has 0 radical (unpaired) electrons. The van der Waals surface area contributed by atoms with Crippen molar-refractivity contribution in [3.8, 4) is 22.6 Å². The predicted molar refractivity (Wildman–Crippen MR) is 111 cm³/mol. The van der Waals surface area contributed by atoms with Crippen LogP contribution in [-0.2, 0) is 20.7 Å². The van der Waals surface area contributed by atoms with Crippen LogP contribution in [0.4, 0.5) is 8.78 Å². The average Bonchev–Trinajstić information content (AvgIpc) is 3.17.